The summed E-state index contributed by atoms with van der Waals surface area (Å²) in [6.07, 6.45) is -4.60. The molecule has 1 aromatic heterocycles. The number of rotatable bonds is 3. The Hall–Kier alpha value is -2.07. The molecule has 0 bridgehead atoms. The van der Waals surface area contributed by atoms with E-state index in [9.17, 15) is 21.6 Å². The molecule has 2 aromatic carbocycles. The lowest BCUT2D eigenvalue weighted by molar-refractivity contribution is -0.144. The zero-order valence-electron chi connectivity index (χ0n) is 11.7. The van der Waals surface area contributed by atoms with Gasteiger partial charge >= 0.3 is 6.18 Å². The minimum Gasteiger partial charge on any atom is -0.334 e. The van der Waals surface area contributed by atoms with Crippen LogP contribution in [0.5, 0.6) is 0 Å². The van der Waals surface area contributed by atoms with Crippen molar-refractivity contribution < 1.29 is 21.6 Å². The topological polar surface area (TPSA) is 74.8 Å². The highest BCUT2D eigenvalue weighted by atomic mass is 79.9. The largest absolute Gasteiger partial charge is 0.449 e. The van der Waals surface area contributed by atoms with Crippen LogP contribution in [0, 0.1) is 0 Å². The third kappa shape index (κ3) is 3.39. The van der Waals surface area contributed by atoms with Crippen molar-refractivity contribution in [3.05, 3.63) is 52.8 Å². The summed E-state index contributed by atoms with van der Waals surface area (Å²) in [6, 6.07) is 9.97. The number of halogens is 4. The maximum Gasteiger partial charge on any atom is 0.449 e. The van der Waals surface area contributed by atoms with Crippen LogP contribution < -0.4 is 4.72 Å². The zero-order chi connectivity index (χ0) is 17.5. The lowest BCUT2D eigenvalue weighted by Crippen LogP contribution is -2.12. The molecule has 0 aliphatic carbocycles. The Bertz CT molecular complexity index is 1020. The van der Waals surface area contributed by atoms with Gasteiger partial charge in [-0.25, -0.2) is 13.4 Å². The first kappa shape index (κ1) is 16.8. The molecule has 5 nitrogen and oxygen atoms in total. The number of aromatic amines is 1. The van der Waals surface area contributed by atoms with Gasteiger partial charge in [-0.05, 0) is 36.4 Å². The molecule has 126 valence electrons. The van der Waals surface area contributed by atoms with E-state index >= 15 is 0 Å². The number of benzene rings is 2. The summed E-state index contributed by atoms with van der Waals surface area (Å²) in [6.45, 7) is 0. The van der Waals surface area contributed by atoms with E-state index in [1.54, 1.807) is 12.1 Å². The Morgan fingerprint density at radius 1 is 1.12 bits per heavy atom. The highest BCUT2D eigenvalue weighted by Crippen LogP contribution is 2.29. The molecule has 0 unspecified atom stereocenters. The summed E-state index contributed by atoms with van der Waals surface area (Å²) in [4.78, 5) is 5.59. The molecule has 10 heteroatoms. The molecule has 0 atom stereocenters. The predicted molar refractivity (Wildman–Crippen MR) is 86.0 cm³/mol. The molecule has 0 spiro atoms. The molecule has 1 heterocycles. The van der Waals surface area contributed by atoms with Crippen molar-refractivity contribution in [2.45, 2.75) is 11.1 Å². The molecule has 0 radical (unpaired) electrons. The second-order valence-electron chi connectivity index (χ2n) is 4.88. The van der Waals surface area contributed by atoms with Crippen molar-refractivity contribution in [2.75, 3.05) is 4.72 Å². The number of imidazole rings is 1. The van der Waals surface area contributed by atoms with E-state index in [1.807, 2.05) is 0 Å². The van der Waals surface area contributed by atoms with E-state index in [4.69, 9.17) is 0 Å². The first-order chi connectivity index (χ1) is 11.1. The fraction of sp³-hybridized carbons (Fsp3) is 0.0714. The molecular formula is C14H9BrF3N3O2S. The number of H-pyrrole nitrogens is 1. The second kappa shape index (κ2) is 5.78. The molecule has 0 fully saturated rings. The van der Waals surface area contributed by atoms with Crippen LogP contribution in [0.15, 0.2) is 51.8 Å². The highest BCUT2D eigenvalue weighted by molar-refractivity contribution is 9.10. The highest BCUT2D eigenvalue weighted by Gasteiger charge is 2.34. The van der Waals surface area contributed by atoms with Gasteiger partial charge in [0.1, 0.15) is 0 Å². The minimum absolute atomic E-state index is 0.0255. The maximum atomic E-state index is 12.6. The van der Waals surface area contributed by atoms with E-state index in [0.29, 0.717) is 4.47 Å². The van der Waals surface area contributed by atoms with E-state index in [-0.39, 0.29) is 21.6 Å². The fourth-order valence-corrected chi connectivity index (χ4v) is 3.70. The molecule has 0 aliphatic heterocycles. The van der Waals surface area contributed by atoms with E-state index in [0.717, 1.165) is 0 Å². The monoisotopic (exact) mass is 419 g/mol. The summed E-state index contributed by atoms with van der Waals surface area (Å²) < 4.78 is 65.5. The van der Waals surface area contributed by atoms with Gasteiger partial charge in [0.25, 0.3) is 10.0 Å². The molecule has 2 N–H and O–H groups in total. The van der Waals surface area contributed by atoms with Crippen molar-refractivity contribution in [1.82, 2.24) is 9.97 Å². The Balaban J connectivity index is 1.95. The number of nitrogens with zero attached hydrogens (tertiary/aromatic N) is 1. The lowest BCUT2D eigenvalue weighted by atomic mass is 10.3. The smallest absolute Gasteiger partial charge is 0.334 e. The van der Waals surface area contributed by atoms with Gasteiger partial charge in [0.15, 0.2) is 0 Å². The number of anilines is 1. The molecule has 24 heavy (non-hydrogen) atoms. The molecule has 0 aliphatic rings. The number of sulfonamides is 1. The molecule has 3 rings (SSSR count). The predicted octanol–water partition coefficient (Wildman–Crippen LogP) is 4.15. The van der Waals surface area contributed by atoms with Gasteiger partial charge in [-0.3, -0.25) is 4.72 Å². The molecule has 3 aromatic rings. The van der Waals surface area contributed by atoms with E-state index in [2.05, 4.69) is 30.6 Å². The summed E-state index contributed by atoms with van der Waals surface area (Å²) >= 11 is 3.18. The third-order valence-corrected chi connectivity index (χ3v) is 4.98. The summed E-state index contributed by atoms with van der Waals surface area (Å²) in [5.74, 6) is -1.13. The number of nitrogens with one attached hydrogen (secondary N) is 2. The second-order valence-corrected chi connectivity index (χ2v) is 7.48. The van der Waals surface area contributed by atoms with Crippen molar-refractivity contribution in [3.63, 3.8) is 0 Å². The van der Waals surface area contributed by atoms with E-state index < -0.39 is 22.0 Å². The van der Waals surface area contributed by atoms with Gasteiger partial charge in [-0.1, -0.05) is 22.0 Å². The third-order valence-electron chi connectivity index (χ3n) is 3.11. The van der Waals surface area contributed by atoms with Gasteiger partial charge < -0.3 is 4.98 Å². The normalized spacial score (nSPS) is 12.5. The van der Waals surface area contributed by atoms with Crippen LogP contribution in [0.1, 0.15) is 5.82 Å². The SMILES string of the molecule is O=S(=O)(Nc1ccc2nc(C(F)(F)F)[nH]c2c1)c1cccc(Br)c1. The Kier molecular flexibility index (Phi) is 4.04. The Morgan fingerprint density at radius 2 is 1.88 bits per heavy atom. The van der Waals surface area contributed by atoms with Crippen LogP contribution in [0.3, 0.4) is 0 Å². The Morgan fingerprint density at radius 3 is 2.54 bits per heavy atom. The number of hydrogen-bond acceptors (Lipinski definition) is 3. The fourth-order valence-electron chi connectivity index (χ4n) is 2.06. The first-order valence-electron chi connectivity index (χ1n) is 6.50. The minimum atomic E-state index is -4.60. The molecular weight excluding hydrogens is 411 g/mol. The summed E-state index contributed by atoms with van der Waals surface area (Å²) in [7, 11) is -3.86. The summed E-state index contributed by atoms with van der Waals surface area (Å²) in [5, 5.41) is 0. The van der Waals surface area contributed by atoms with Crippen LogP contribution in [0.2, 0.25) is 0 Å². The standard InChI is InChI=1S/C14H9BrF3N3O2S/c15-8-2-1-3-10(6-8)24(22,23)21-9-4-5-11-12(7-9)20-13(19-11)14(16,17)18/h1-7,21H,(H,19,20). The molecule has 0 amide bonds. The van der Waals surface area contributed by atoms with Crippen LogP contribution >= 0.6 is 15.9 Å². The van der Waals surface area contributed by atoms with Crippen LogP contribution in [-0.4, -0.2) is 18.4 Å². The van der Waals surface area contributed by atoms with Crippen molar-refractivity contribution >= 4 is 42.7 Å². The Labute approximate surface area is 143 Å². The van der Waals surface area contributed by atoms with Gasteiger partial charge in [0.2, 0.25) is 5.82 Å². The van der Waals surface area contributed by atoms with Gasteiger partial charge in [0, 0.05) is 4.47 Å². The molecule has 0 saturated carbocycles. The van der Waals surface area contributed by atoms with Gasteiger partial charge in [-0.2, -0.15) is 13.2 Å². The zero-order valence-corrected chi connectivity index (χ0v) is 14.1. The maximum absolute atomic E-state index is 12.6. The number of hydrogen-bond donors (Lipinski definition) is 2. The van der Waals surface area contributed by atoms with Crippen LogP contribution in [0.4, 0.5) is 18.9 Å². The quantitative estimate of drug-likeness (QED) is 0.669. The lowest BCUT2D eigenvalue weighted by Gasteiger charge is -2.08. The van der Waals surface area contributed by atoms with Gasteiger partial charge in [0.05, 0.1) is 21.6 Å². The van der Waals surface area contributed by atoms with Crippen molar-refractivity contribution in [2.24, 2.45) is 0 Å². The molecule has 0 saturated heterocycles. The average Bonchev–Trinajstić information content (AvgIpc) is 2.90. The van der Waals surface area contributed by atoms with Crippen LogP contribution in [0.25, 0.3) is 11.0 Å². The van der Waals surface area contributed by atoms with Gasteiger partial charge in [-0.15, -0.1) is 0 Å². The number of aromatic nitrogens is 2. The average molecular weight is 420 g/mol. The summed E-state index contributed by atoms with van der Waals surface area (Å²) in [5.41, 5.74) is 0.296. The van der Waals surface area contributed by atoms with Crippen molar-refractivity contribution in [1.29, 1.82) is 0 Å². The van der Waals surface area contributed by atoms with Crippen LogP contribution in [-0.2, 0) is 16.2 Å². The number of alkyl halides is 3. The van der Waals surface area contributed by atoms with E-state index in [1.165, 1.54) is 30.3 Å². The van der Waals surface area contributed by atoms with Crippen molar-refractivity contribution in [3.8, 4) is 0 Å². The first-order valence-corrected chi connectivity index (χ1v) is 8.78. The number of fused-ring (bicyclic) bond motifs is 1.